The molecule has 0 unspecified atom stereocenters. The maximum Gasteiger partial charge on any atom is 0.336 e. The molecule has 27 heavy (non-hydrogen) atoms. The van der Waals surface area contributed by atoms with Crippen molar-refractivity contribution in [3.05, 3.63) is 75.7 Å². The van der Waals surface area contributed by atoms with Gasteiger partial charge in [-0.1, -0.05) is 12.1 Å². The molecule has 2 aromatic carbocycles. The third-order valence-electron chi connectivity index (χ3n) is 4.30. The molecular formula is C19H9F4NO2S. The summed E-state index contributed by atoms with van der Waals surface area (Å²) in [7, 11) is 0. The highest BCUT2D eigenvalue weighted by Crippen LogP contribution is 2.38. The van der Waals surface area contributed by atoms with E-state index >= 15 is 0 Å². The Hall–Kier alpha value is -3.00. The molecule has 3 aromatic rings. The van der Waals surface area contributed by atoms with Gasteiger partial charge in [-0.25, -0.2) is 22.4 Å². The van der Waals surface area contributed by atoms with Gasteiger partial charge < -0.3 is 5.11 Å². The number of carboxylic acid groups (broad SMARTS) is 1. The Morgan fingerprint density at radius 1 is 0.963 bits per heavy atom. The van der Waals surface area contributed by atoms with E-state index < -0.39 is 40.4 Å². The van der Waals surface area contributed by atoms with E-state index in [2.05, 4.69) is 4.99 Å². The number of hydrogen-bond donors (Lipinski definition) is 1. The van der Waals surface area contributed by atoms with Gasteiger partial charge >= 0.3 is 5.97 Å². The Morgan fingerprint density at radius 2 is 1.63 bits per heavy atom. The number of aromatic carboxylic acids is 1. The number of thiophene rings is 1. The fourth-order valence-corrected chi connectivity index (χ4v) is 3.84. The molecule has 136 valence electrons. The molecule has 0 amide bonds. The molecular weight excluding hydrogens is 382 g/mol. The van der Waals surface area contributed by atoms with Crippen molar-refractivity contribution >= 4 is 28.7 Å². The first-order valence-electron chi connectivity index (χ1n) is 7.73. The highest BCUT2D eigenvalue weighted by molar-refractivity contribution is 7.13. The number of fused-ring (bicyclic) bond motifs is 1. The van der Waals surface area contributed by atoms with Gasteiger partial charge in [0.15, 0.2) is 23.3 Å². The largest absolute Gasteiger partial charge is 0.478 e. The maximum absolute atomic E-state index is 14.7. The van der Waals surface area contributed by atoms with Crippen LogP contribution < -0.4 is 0 Å². The van der Waals surface area contributed by atoms with Crippen LogP contribution in [0.5, 0.6) is 0 Å². The minimum atomic E-state index is -1.55. The van der Waals surface area contributed by atoms with Crippen LogP contribution in [-0.4, -0.2) is 16.8 Å². The molecule has 1 aliphatic heterocycles. The van der Waals surface area contributed by atoms with E-state index in [4.69, 9.17) is 0 Å². The smallest absolute Gasteiger partial charge is 0.336 e. The van der Waals surface area contributed by atoms with Crippen molar-refractivity contribution in [2.75, 3.05) is 0 Å². The number of nitrogens with zero attached hydrogens (tertiary/aromatic N) is 1. The van der Waals surface area contributed by atoms with Gasteiger partial charge in [0.2, 0.25) is 0 Å². The third-order valence-corrected chi connectivity index (χ3v) is 5.19. The summed E-state index contributed by atoms with van der Waals surface area (Å²) in [5.74, 6) is -7.36. The van der Waals surface area contributed by atoms with Crippen LogP contribution in [0.2, 0.25) is 0 Å². The highest BCUT2D eigenvalue weighted by atomic mass is 32.1. The van der Waals surface area contributed by atoms with Crippen LogP contribution >= 0.6 is 11.3 Å². The number of carboxylic acids is 1. The molecule has 0 saturated heterocycles. The zero-order valence-corrected chi connectivity index (χ0v) is 14.2. The molecule has 0 aliphatic carbocycles. The van der Waals surface area contributed by atoms with Crippen molar-refractivity contribution < 1.29 is 27.5 Å². The first kappa shape index (κ1) is 17.4. The molecule has 0 spiro atoms. The van der Waals surface area contributed by atoms with Gasteiger partial charge in [-0.15, -0.1) is 11.3 Å². The second-order valence-electron chi connectivity index (χ2n) is 5.83. The van der Waals surface area contributed by atoms with E-state index in [-0.39, 0.29) is 33.8 Å². The van der Waals surface area contributed by atoms with E-state index in [1.807, 2.05) is 0 Å². The summed E-state index contributed by atoms with van der Waals surface area (Å²) >= 11 is 0.946. The number of halogens is 4. The number of rotatable bonds is 3. The van der Waals surface area contributed by atoms with E-state index in [1.165, 1.54) is 35.7 Å². The van der Waals surface area contributed by atoms with Gasteiger partial charge in [0, 0.05) is 11.3 Å². The third kappa shape index (κ3) is 2.64. The summed E-state index contributed by atoms with van der Waals surface area (Å²) < 4.78 is 58.4. The molecule has 8 heteroatoms. The van der Waals surface area contributed by atoms with Crippen LogP contribution in [-0.2, 0) is 6.42 Å². The predicted molar refractivity (Wildman–Crippen MR) is 92.9 cm³/mol. The second kappa shape index (κ2) is 6.31. The summed E-state index contributed by atoms with van der Waals surface area (Å²) in [6, 6.07) is 7.09. The SMILES string of the molecule is O=C(O)c1cccc2c1CC(c1c(F)c(F)c(-c3cccs3)c(F)c1F)=N2. The summed E-state index contributed by atoms with van der Waals surface area (Å²) in [6.45, 7) is 0. The van der Waals surface area contributed by atoms with Crippen molar-refractivity contribution in [2.45, 2.75) is 6.42 Å². The second-order valence-corrected chi connectivity index (χ2v) is 6.77. The van der Waals surface area contributed by atoms with Crippen LogP contribution in [0.3, 0.4) is 0 Å². The zero-order valence-electron chi connectivity index (χ0n) is 13.4. The minimum Gasteiger partial charge on any atom is -0.478 e. The van der Waals surface area contributed by atoms with Crippen molar-refractivity contribution in [2.24, 2.45) is 4.99 Å². The van der Waals surface area contributed by atoms with Crippen LogP contribution in [0, 0.1) is 23.3 Å². The van der Waals surface area contributed by atoms with Gasteiger partial charge in [-0.2, -0.15) is 0 Å². The number of benzene rings is 2. The lowest BCUT2D eigenvalue weighted by atomic mass is 9.97. The summed E-state index contributed by atoms with van der Waals surface area (Å²) in [4.78, 5) is 15.4. The van der Waals surface area contributed by atoms with E-state index in [0.29, 0.717) is 0 Å². The van der Waals surface area contributed by atoms with Crippen LogP contribution in [0.1, 0.15) is 21.5 Å². The Bertz CT molecular complexity index is 1090. The molecule has 0 bridgehead atoms. The summed E-state index contributed by atoms with van der Waals surface area (Å²) in [5, 5.41) is 10.8. The van der Waals surface area contributed by atoms with E-state index in [0.717, 1.165) is 11.3 Å². The van der Waals surface area contributed by atoms with E-state index in [9.17, 15) is 27.5 Å². The monoisotopic (exact) mass is 391 g/mol. The van der Waals surface area contributed by atoms with Crippen LogP contribution in [0.4, 0.5) is 23.2 Å². The quantitative estimate of drug-likeness (QED) is 0.484. The van der Waals surface area contributed by atoms with Gasteiger partial charge in [0.1, 0.15) is 0 Å². The first-order valence-corrected chi connectivity index (χ1v) is 8.61. The average molecular weight is 391 g/mol. The summed E-state index contributed by atoms with van der Waals surface area (Å²) in [6.07, 6.45) is -0.247. The number of carbonyl (C=O) groups is 1. The Balaban J connectivity index is 1.87. The molecule has 1 aromatic heterocycles. The van der Waals surface area contributed by atoms with Gasteiger partial charge in [0.25, 0.3) is 0 Å². The normalized spacial score (nSPS) is 12.8. The molecule has 1 N–H and O–H groups in total. The van der Waals surface area contributed by atoms with Crippen LogP contribution in [0.25, 0.3) is 10.4 Å². The lowest BCUT2D eigenvalue weighted by Crippen LogP contribution is -2.13. The molecule has 2 heterocycles. The van der Waals surface area contributed by atoms with Gasteiger partial charge in [-0.05, 0) is 29.1 Å². The molecule has 0 fully saturated rings. The molecule has 0 saturated carbocycles. The van der Waals surface area contributed by atoms with Gasteiger partial charge in [0.05, 0.1) is 28.1 Å². The van der Waals surface area contributed by atoms with Crippen molar-refractivity contribution in [1.82, 2.24) is 0 Å². The zero-order chi connectivity index (χ0) is 19.3. The Labute approximate surface area is 154 Å². The number of aliphatic imine (C=N–C) groups is 1. The molecule has 1 aliphatic rings. The highest BCUT2D eigenvalue weighted by Gasteiger charge is 2.32. The Kier molecular flexibility index (Phi) is 4.07. The Morgan fingerprint density at radius 3 is 2.22 bits per heavy atom. The summed E-state index contributed by atoms with van der Waals surface area (Å²) in [5.41, 5.74) is -1.59. The standard InChI is InChI=1S/C19H9F4NO2S/c20-15-13(11-7-9-8(19(25)26)3-1-4-10(9)24-11)16(21)18(23)14(17(15)22)12-5-2-6-27-12/h1-6H,7H2,(H,25,26). The number of hydrogen-bond acceptors (Lipinski definition) is 3. The van der Waals surface area contributed by atoms with Crippen LogP contribution in [0.15, 0.2) is 40.7 Å². The molecule has 0 atom stereocenters. The fraction of sp³-hybridized carbons (Fsp3) is 0.0526. The van der Waals surface area contributed by atoms with Crippen molar-refractivity contribution in [1.29, 1.82) is 0 Å². The first-order chi connectivity index (χ1) is 12.9. The fourth-order valence-electron chi connectivity index (χ4n) is 3.08. The molecule has 0 radical (unpaired) electrons. The average Bonchev–Trinajstić information content (AvgIpc) is 3.29. The lowest BCUT2D eigenvalue weighted by Gasteiger charge is -2.11. The maximum atomic E-state index is 14.7. The van der Waals surface area contributed by atoms with Gasteiger partial charge in [-0.3, -0.25) is 4.99 Å². The molecule has 3 nitrogen and oxygen atoms in total. The minimum absolute atomic E-state index is 0.0548. The predicted octanol–water partition coefficient (Wildman–Crippen LogP) is 5.35. The lowest BCUT2D eigenvalue weighted by molar-refractivity contribution is 0.0696. The van der Waals surface area contributed by atoms with Crippen molar-refractivity contribution in [3.8, 4) is 10.4 Å². The van der Waals surface area contributed by atoms with Crippen molar-refractivity contribution in [3.63, 3.8) is 0 Å². The van der Waals surface area contributed by atoms with E-state index in [1.54, 1.807) is 0 Å². The topological polar surface area (TPSA) is 49.7 Å². The molecule has 4 rings (SSSR count).